The molecule has 0 amide bonds. The van der Waals surface area contributed by atoms with E-state index in [2.05, 4.69) is 0 Å². The third-order valence-corrected chi connectivity index (χ3v) is 2.67. The van der Waals surface area contributed by atoms with Crippen molar-refractivity contribution in [2.45, 2.75) is 13.3 Å². The normalized spacial score (nSPS) is 10.1. The largest absolute Gasteiger partial charge is 0.481 e. The summed E-state index contributed by atoms with van der Waals surface area (Å²) in [7, 11) is 1.87. The first kappa shape index (κ1) is 11.9. The molecule has 0 spiro atoms. The quantitative estimate of drug-likeness (QED) is 0.860. The summed E-state index contributed by atoms with van der Waals surface area (Å²) in [5.41, 5.74) is 1.98. The molecule has 1 rings (SSSR count). The van der Waals surface area contributed by atoms with Gasteiger partial charge in [0.2, 0.25) is 0 Å². The van der Waals surface area contributed by atoms with Gasteiger partial charge in [0.05, 0.1) is 6.42 Å². The van der Waals surface area contributed by atoms with Gasteiger partial charge < -0.3 is 10.0 Å². The molecular weight excluding hydrogens is 214 g/mol. The highest BCUT2D eigenvalue weighted by atomic mass is 35.5. The van der Waals surface area contributed by atoms with Gasteiger partial charge in [0.15, 0.2) is 0 Å². The molecule has 1 aromatic rings. The van der Waals surface area contributed by atoms with Crippen molar-refractivity contribution in [3.63, 3.8) is 0 Å². The molecule has 0 heterocycles. The van der Waals surface area contributed by atoms with Crippen molar-refractivity contribution in [3.05, 3.63) is 28.8 Å². The molecule has 0 aromatic heterocycles. The van der Waals surface area contributed by atoms with Gasteiger partial charge >= 0.3 is 5.97 Å². The summed E-state index contributed by atoms with van der Waals surface area (Å²) in [5, 5.41) is 9.29. The van der Waals surface area contributed by atoms with Gasteiger partial charge in [0, 0.05) is 24.3 Å². The van der Waals surface area contributed by atoms with Gasteiger partial charge in [-0.15, -0.1) is 0 Å². The number of nitrogens with zero attached hydrogens (tertiary/aromatic N) is 1. The molecule has 82 valence electrons. The van der Waals surface area contributed by atoms with Gasteiger partial charge in [-0.2, -0.15) is 0 Å². The van der Waals surface area contributed by atoms with E-state index in [1.165, 1.54) is 0 Å². The number of carbonyl (C=O) groups is 1. The third kappa shape index (κ3) is 3.44. The Kier molecular flexibility index (Phi) is 3.97. The van der Waals surface area contributed by atoms with Crippen molar-refractivity contribution < 1.29 is 9.90 Å². The first-order valence-electron chi connectivity index (χ1n) is 4.70. The van der Waals surface area contributed by atoms with E-state index in [0.29, 0.717) is 6.54 Å². The molecule has 0 aliphatic heterocycles. The van der Waals surface area contributed by atoms with Crippen LogP contribution in [0.5, 0.6) is 0 Å². The summed E-state index contributed by atoms with van der Waals surface area (Å²) < 4.78 is 0. The number of halogens is 1. The number of carboxylic acid groups (broad SMARTS) is 1. The monoisotopic (exact) mass is 227 g/mol. The van der Waals surface area contributed by atoms with Gasteiger partial charge in [0.1, 0.15) is 0 Å². The molecule has 0 aliphatic carbocycles. The van der Waals surface area contributed by atoms with Crippen molar-refractivity contribution in [1.29, 1.82) is 0 Å². The minimum absolute atomic E-state index is 0.137. The first-order chi connectivity index (χ1) is 7.00. The van der Waals surface area contributed by atoms with E-state index < -0.39 is 5.97 Å². The number of anilines is 1. The average molecular weight is 228 g/mol. The van der Waals surface area contributed by atoms with Gasteiger partial charge in [-0.25, -0.2) is 0 Å². The lowest BCUT2D eigenvalue weighted by atomic mass is 10.2. The fraction of sp³-hybridized carbons (Fsp3) is 0.364. The van der Waals surface area contributed by atoms with Crippen LogP contribution in [-0.4, -0.2) is 24.7 Å². The fourth-order valence-electron chi connectivity index (χ4n) is 1.26. The van der Waals surface area contributed by atoms with Crippen LogP contribution in [0.4, 0.5) is 5.69 Å². The molecule has 0 saturated carbocycles. The van der Waals surface area contributed by atoms with Crippen LogP contribution in [0, 0.1) is 6.92 Å². The van der Waals surface area contributed by atoms with E-state index in [1.807, 2.05) is 37.1 Å². The number of hydrogen-bond acceptors (Lipinski definition) is 2. The van der Waals surface area contributed by atoms with E-state index in [-0.39, 0.29) is 6.42 Å². The van der Waals surface area contributed by atoms with E-state index in [9.17, 15) is 4.79 Å². The van der Waals surface area contributed by atoms with Crippen molar-refractivity contribution in [1.82, 2.24) is 0 Å². The molecule has 0 bridgehead atoms. The number of benzene rings is 1. The van der Waals surface area contributed by atoms with Crippen molar-refractivity contribution in [2.24, 2.45) is 0 Å². The zero-order chi connectivity index (χ0) is 11.4. The zero-order valence-corrected chi connectivity index (χ0v) is 9.58. The molecule has 0 aliphatic rings. The Bertz CT molecular complexity index is 366. The topological polar surface area (TPSA) is 40.5 Å². The lowest BCUT2D eigenvalue weighted by Crippen LogP contribution is -2.20. The van der Waals surface area contributed by atoms with Gasteiger partial charge in [0.25, 0.3) is 0 Å². The molecule has 0 unspecified atom stereocenters. The predicted octanol–water partition coefficient (Wildman–Crippen LogP) is 2.56. The average Bonchev–Trinajstić information content (AvgIpc) is 2.18. The number of aliphatic carboxylic acids is 1. The van der Waals surface area contributed by atoms with Crippen LogP contribution in [0.3, 0.4) is 0 Å². The second-order valence-corrected chi connectivity index (χ2v) is 3.91. The number of rotatable bonds is 4. The molecule has 1 N–H and O–H groups in total. The second kappa shape index (κ2) is 5.03. The molecule has 0 atom stereocenters. The Hall–Kier alpha value is -1.22. The molecule has 3 nitrogen and oxygen atoms in total. The minimum atomic E-state index is -0.785. The maximum absolute atomic E-state index is 10.4. The van der Waals surface area contributed by atoms with Crippen LogP contribution in [0.2, 0.25) is 5.02 Å². The van der Waals surface area contributed by atoms with Crippen LogP contribution in [0.15, 0.2) is 18.2 Å². The van der Waals surface area contributed by atoms with Crippen molar-refractivity contribution in [3.8, 4) is 0 Å². The van der Waals surface area contributed by atoms with Gasteiger partial charge in [-0.05, 0) is 30.7 Å². The number of carboxylic acids is 1. The fourth-order valence-corrected chi connectivity index (χ4v) is 1.38. The summed E-state index contributed by atoms with van der Waals surface area (Å²) in [6.45, 7) is 2.42. The molecule has 1 aromatic carbocycles. The maximum atomic E-state index is 10.4. The Morgan fingerprint density at radius 1 is 1.53 bits per heavy atom. The zero-order valence-electron chi connectivity index (χ0n) is 8.83. The van der Waals surface area contributed by atoms with Crippen LogP contribution >= 0.6 is 11.6 Å². The Labute approximate surface area is 94.3 Å². The Morgan fingerprint density at radius 2 is 2.20 bits per heavy atom. The van der Waals surface area contributed by atoms with E-state index in [4.69, 9.17) is 16.7 Å². The molecule has 0 fully saturated rings. The van der Waals surface area contributed by atoms with E-state index in [1.54, 1.807) is 0 Å². The standard InChI is InChI=1S/C11H14ClNO2/c1-8-7-9(3-4-10(8)12)13(2)6-5-11(14)15/h3-4,7H,5-6H2,1-2H3,(H,14,15). The molecule has 15 heavy (non-hydrogen) atoms. The highest BCUT2D eigenvalue weighted by Gasteiger charge is 2.05. The summed E-state index contributed by atoms with van der Waals surface area (Å²) in [4.78, 5) is 12.3. The van der Waals surface area contributed by atoms with Crippen LogP contribution in [0.1, 0.15) is 12.0 Å². The maximum Gasteiger partial charge on any atom is 0.305 e. The summed E-state index contributed by atoms with van der Waals surface area (Å²) >= 11 is 5.90. The Balaban J connectivity index is 2.69. The van der Waals surface area contributed by atoms with Crippen molar-refractivity contribution in [2.75, 3.05) is 18.5 Å². The third-order valence-electron chi connectivity index (χ3n) is 2.24. The summed E-state index contributed by atoms with van der Waals surface area (Å²) in [5.74, 6) is -0.785. The van der Waals surface area contributed by atoms with Gasteiger partial charge in [-0.1, -0.05) is 11.6 Å². The first-order valence-corrected chi connectivity index (χ1v) is 5.07. The Morgan fingerprint density at radius 3 is 2.73 bits per heavy atom. The van der Waals surface area contributed by atoms with E-state index >= 15 is 0 Å². The lowest BCUT2D eigenvalue weighted by Gasteiger charge is -2.18. The molecular formula is C11H14ClNO2. The SMILES string of the molecule is Cc1cc(N(C)CCC(=O)O)ccc1Cl. The van der Waals surface area contributed by atoms with Crippen molar-refractivity contribution >= 4 is 23.3 Å². The number of aryl methyl sites for hydroxylation is 1. The summed E-state index contributed by atoms with van der Waals surface area (Å²) in [6.07, 6.45) is 0.137. The minimum Gasteiger partial charge on any atom is -0.481 e. The predicted molar refractivity (Wildman–Crippen MR) is 61.7 cm³/mol. The van der Waals surface area contributed by atoms with Crippen LogP contribution < -0.4 is 4.90 Å². The number of hydrogen-bond donors (Lipinski definition) is 1. The summed E-state index contributed by atoms with van der Waals surface area (Å²) in [6, 6.07) is 5.66. The highest BCUT2D eigenvalue weighted by molar-refractivity contribution is 6.31. The van der Waals surface area contributed by atoms with Gasteiger partial charge in [-0.3, -0.25) is 4.79 Å². The van der Waals surface area contributed by atoms with Crippen LogP contribution in [-0.2, 0) is 4.79 Å². The molecule has 0 saturated heterocycles. The molecule has 4 heteroatoms. The van der Waals surface area contributed by atoms with Crippen LogP contribution in [0.25, 0.3) is 0 Å². The molecule has 0 radical (unpaired) electrons. The highest BCUT2D eigenvalue weighted by Crippen LogP contribution is 2.21. The van der Waals surface area contributed by atoms with E-state index in [0.717, 1.165) is 16.3 Å². The smallest absolute Gasteiger partial charge is 0.305 e. The lowest BCUT2D eigenvalue weighted by molar-refractivity contribution is -0.136. The second-order valence-electron chi connectivity index (χ2n) is 3.50.